The third-order valence-electron chi connectivity index (χ3n) is 2.90. The van der Waals surface area contributed by atoms with E-state index >= 15 is 0 Å². The summed E-state index contributed by atoms with van der Waals surface area (Å²) in [6.45, 7) is 5.37. The van der Waals surface area contributed by atoms with Gasteiger partial charge in [-0.2, -0.15) is 0 Å². The van der Waals surface area contributed by atoms with Crippen molar-refractivity contribution in [3.8, 4) is 0 Å². The minimum Gasteiger partial charge on any atom is -0.339 e. The van der Waals surface area contributed by atoms with Crippen molar-refractivity contribution in [3.05, 3.63) is 29.3 Å². The monoisotopic (exact) mass is 284 g/mol. The molecule has 1 heterocycles. The lowest BCUT2D eigenvalue weighted by molar-refractivity contribution is -0.130. The van der Waals surface area contributed by atoms with Gasteiger partial charge in [0, 0.05) is 36.1 Å². The van der Waals surface area contributed by atoms with Crippen LogP contribution in [-0.4, -0.2) is 42.2 Å². The molecule has 1 amide bonds. The Morgan fingerprint density at radius 3 is 2.56 bits per heavy atom. The average molecular weight is 285 g/mol. The van der Waals surface area contributed by atoms with E-state index in [1.54, 1.807) is 11.8 Å². The van der Waals surface area contributed by atoms with Crippen LogP contribution in [0.2, 0.25) is 5.02 Å². The number of nitrogens with zero attached hydrogens (tertiary/aromatic N) is 1. The summed E-state index contributed by atoms with van der Waals surface area (Å²) in [7, 11) is 0. The maximum atomic E-state index is 12.2. The molecule has 0 saturated carbocycles. The van der Waals surface area contributed by atoms with E-state index in [0.29, 0.717) is 0 Å². The maximum Gasteiger partial charge on any atom is 0.235 e. The van der Waals surface area contributed by atoms with E-state index in [1.807, 2.05) is 36.1 Å². The van der Waals surface area contributed by atoms with Crippen LogP contribution in [0.5, 0.6) is 0 Å². The predicted octanol–water partition coefficient (Wildman–Crippen LogP) is 2.25. The Hall–Kier alpha value is -0.710. The molecule has 2 rings (SSSR count). The number of benzene rings is 1. The standard InChI is InChI=1S/C13H17ClN2OS/c1-10(13(17)16-8-6-15-7-9-16)18-12-4-2-11(14)3-5-12/h2-5,10,15H,6-9H2,1H3. The number of carbonyl (C=O) groups is 1. The Labute approximate surface area is 117 Å². The highest BCUT2D eigenvalue weighted by Crippen LogP contribution is 2.25. The molecule has 1 aliphatic heterocycles. The summed E-state index contributed by atoms with van der Waals surface area (Å²) >= 11 is 7.42. The fraction of sp³-hybridized carbons (Fsp3) is 0.462. The molecule has 3 nitrogen and oxygen atoms in total. The Bertz CT molecular complexity index is 404. The number of hydrogen-bond donors (Lipinski definition) is 1. The molecule has 0 aromatic heterocycles. The number of piperazine rings is 1. The quantitative estimate of drug-likeness (QED) is 0.864. The molecule has 1 atom stereocenters. The Morgan fingerprint density at radius 1 is 1.33 bits per heavy atom. The van der Waals surface area contributed by atoms with Crippen LogP contribution in [0.15, 0.2) is 29.2 Å². The lowest BCUT2D eigenvalue weighted by atomic mass is 10.3. The SMILES string of the molecule is CC(Sc1ccc(Cl)cc1)C(=O)N1CCNCC1. The molecule has 1 fully saturated rings. The summed E-state index contributed by atoms with van der Waals surface area (Å²) in [4.78, 5) is 15.2. The van der Waals surface area contributed by atoms with Crippen LogP contribution in [0.4, 0.5) is 0 Å². The molecule has 1 saturated heterocycles. The van der Waals surface area contributed by atoms with Gasteiger partial charge in [0.1, 0.15) is 0 Å². The summed E-state index contributed by atoms with van der Waals surface area (Å²) in [5, 5.41) is 3.92. The highest BCUT2D eigenvalue weighted by atomic mass is 35.5. The number of nitrogens with one attached hydrogen (secondary N) is 1. The fourth-order valence-electron chi connectivity index (χ4n) is 1.91. The molecule has 1 N–H and O–H groups in total. The zero-order valence-corrected chi connectivity index (χ0v) is 11.9. The second-order valence-electron chi connectivity index (χ2n) is 4.29. The van der Waals surface area contributed by atoms with Gasteiger partial charge in [-0.15, -0.1) is 11.8 Å². The van der Waals surface area contributed by atoms with Crippen LogP contribution in [0.1, 0.15) is 6.92 Å². The van der Waals surface area contributed by atoms with Gasteiger partial charge in [-0.25, -0.2) is 0 Å². The van der Waals surface area contributed by atoms with Crippen molar-refractivity contribution in [3.63, 3.8) is 0 Å². The van der Waals surface area contributed by atoms with Crippen LogP contribution in [0.3, 0.4) is 0 Å². The van der Waals surface area contributed by atoms with Crippen LogP contribution in [0.25, 0.3) is 0 Å². The van der Waals surface area contributed by atoms with Crippen LogP contribution in [-0.2, 0) is 4.79 Å². The van der Waals surface area contributed by atoms with Crippen molar-refractivity contribution >= 4 is 29.3 Å². The van der Waals surface area contributed by atoms with Gasteiger partial charge in [-0.05, 0) is 31.2 Å². The van der Waals surface area contributed by atoms with Crippen molar-refractivity contribution in [2.75, 3.05) is 26.2 Å². The fourth-order valence-corrected chi connectivity index (χ4v) is 2.99. The van der Waals surface area contributed by atoms with Crippen LogP contribution >= 0.6 is 23.4 Å². The van der Waals surface area contributed by atoms with E-state index in [2.05, 4.69) is 5.32 Å². The van der Waals surface area contributed by atoms with Gasteiger partial charge in [-0.3, -0.25) is 4.79 Å². The molecule has 18 heavy (non-hydrogen) atoms. The average Bonchev–Trinajstić information content (AvgIpc) is 2.41. The highest BCUT2D eigenvalue weighted by molar-refractivity contribution is 8.00. The van der Waals surface area contributed by atoms with Gasteiger partial charge in [0.05, 0.1) is 5.25 Å². The van der Waals surface area contributed by atoms with Crippen molar-refractivity contribution < 1.29 is 4.79 Å². The molecule has 0 bridgehead atoms. The van der Waals surface area contributed by atoms with Crippen molar-refractivity contribution in [2.45, 2.75) is 17.1 Å². The van der Waals surface area contributed by atoms with Gasteiger partial charge >= 0.3 is 0 Å². The molecule has 0 spiro atoms. The second kappa shape index (κ2) is 6.45. The molecule has 0 aliphatic carbocycles. The molecule has 0 radical (unpaired) electrons. The molecule has 1 aromatic rings. The third kappa shape index (κ3) is 3.64. The van der Waals surface area contributed by atoms with E-state index in [0.717, 1.165) is 36.1 Å². The zero-order valence-electron chi connectivity index (χ0n) is 10.4. The van der Waals surface area contributed by atoms with E-state index in [9.17, 15) is 4.79 Å². The number of amides is 1. The van der Waals surface area contributed by atoms with Crippen molar-refractivity contribution in [1.29, 1.82) is 0 Å². The van der Waals surface area contributed by atoms with Gasteiger partial charge in [0.25, 0.3) is 0 Å². The van der Waals surface area contributed by atoms with E-state index in [1.165, 1.54) is 0 Å². The van der Waals surface area contributed by atoms with Gasteiger partial charge in [0.15, 0.2) is 0 Å². The Morgan fingerprint density at radius 2 is 1.94 bits per heavy atom. The minimum absolute atomic E-state index is 0.0516. The van der Waals surface area contributed by atoms with Crippen LogP contribution in [0, 0.1) is 0 Å². The first-order valence-corrected chi connectivity index (χ1v) is 7.34. The molecule has 1 aliphatic rings. The predicted molar refractivity (Wildman–Crippen MR) is 76.2 cm³/mol. The molecule has 1 unspecified atom stereocenters. The van der Waals surface area contributed by atoms with Gasteiger partial charge < -0.3 is 10.2 Å². The van der Waals surface area contributed by atoms with Gasteiger partial charge in [0.2, 0.25) is 5.91 Å². The number of halogens is 1. The number of carbonyl (C=O) groups excluding carboxylic acids is 1. The molecule has 1 aromatic carbocycles. The maximum absolute atomic E-state index is 12.2. The van der Waals surface area contributed by atoms with Crippen molar-refractivity contribution in [2.24, 2.45) is 0 Å². The molecular formula is C13H17ClN2OS. The number of rotatable bonds is 3. The van der Waals surface area contributed by atoms with E-state index < -0.39 is 0 Å². The zero-order chi connectivity index (χ0) is 13.0. The highest BCUT2D eigenvalue weighted by Gasteiger charge is 2.22. The summed E-state index contributed by atoms with van der Waals surface area (Å²) in [6.07, 6.45) is 0. The van der Waals surface area contributed by atoms with E-state index in [-0.39, 0.29) is 11.2 Å². The Balaban J connectivity index is 1.92. The number of thioether (sulfide) groups is 1. The van der Waals surface area contributed by atoms with Crippen LogP contribution < -0.4 is 5.32 Å². The first-order chi connectivity index (χ1) is 8.66. The van der Waals surface area contributed by atoms with Gasteiger partial charge in [-0.1, -0.05) is 11.6 Å². The Kier molecular flexibility index (Phi) is 4.92. The smallest absolute Gasteiger partial charge is 0.235 e. The topological polar surface area (TPSA) is 32.3 Å². The minimum atomic E-state index is -0.0516. The summed E-state index contributed by atoms with van der Waals surface area (Å²) in [5.74, 6) is 0.219. The number of hydrogen-bond acceptors (Lipinski definition) is 3. The van der Waals surface area contributed by atoms with Crippen molar-refractivity contribution in [1.82, 2.24) is 10.2 Å². The lowest BCUT2D eigenvalue weighted by Crippen LogP contribution is -2.48. The second-order valence-corrected chi connectivity index (χ2v) is 6.14. The van der Waals surface area contributed by atoms with E-state index in [4.69, 9.17) is 11.6 Å². The largest absolute Gasteiger partial charge is 0.339 e. The third-order valence-corrected chi connectivity index (χ3v) is 4.25. The summed E-state index contributed by atoms with van der Waals surface area (Å²) < 4.78 is 0. The lowest BCUT2D eigenvalue weighted by Gasteiger charge is -2.29. The normalized spacial score (nSPS) is 17.6. The first-order valence-electron chi connectivity index (χ1n) is 6.08. The molecule has 98 valence electrons. The first kappa shape index (κ1) is 13.7. The molecule has 5 heteroatoms. The molecular weight excluding hydrogens is 268 g/mol. The summed E-state index contributed by atoms with van der Waals surface area (Å²) in [6, 6.07) is 7.61. The summed E-state index contributed by atoms with van der Waals surface area (Å²) in [5.41, 5.74) is 0.